The highest BCUT2D eigenvalue weighted by Gasteiger charge is 2.47. The first kappa shape index (κ1) is 29.1. The first-order chi connectivity index (χ1) is 19.5. The van der Waals surface area contributed by atoms with Gasteiger partial charge < -0.3 is 30.2 Å². The number of para-hydroxylation sites is 1. The number of anilines is 2. The predicted octanol–water partition coefficient (Wildman–Crippen LogP) is 2.71. The van der Waals surface area contributed by atoms with E-state index in [-0.39, 0.29) is 23.4 Å². The summed E-state index contributed by atoms with van der Waals surface area (Å²) in [7, 11) is -4.26. The topological polar surface area (TPSA) is 185 Å². The van der Waals surface area contributed by atoms with Crippen molar-refractivity contribution in [1.82, 2.24) is 24.6 Å². The van der Waals surface area contributed by atoms with E-state index in [4.69, 9.17) is 24.3 Å². The molecule has 16 heteroatoms. The molecule has 3 heterocycles. The fourth-order valence-corrected chi connectivity index (χ4v) is 5.71. The SMILES string of the molecule is CC(C)OC(=O)[C@@H](C)NP(=O)(OC[C@H]1O[C@@H](n2cnc3c(NC4CC4)nc(N)nc32)[C@H](F)[C@@H]1O)Oc1ccccc1. The molecule has 0 radical (unpaired) electrons. The minimum atomic E-state index is -4.26. The predicted molar refractivity (Wildman–Crippen MR) is 146 cm³/mol. The molecule has 1 aliphatic carbocycles. The number of carbonyl (C=O) groups excluding carboxylic acids is 1. The van der Waals surface area contributed by atoms with Crippen LogP contribution in [-0.4, -0.2) is 73.8 Å². The van der Waals surface area contributed by atoms with Crippen LogP contribution in [0.25, 0.3) is 11.2 Å². The maximum Gasteiger partial charge on any atom is 0.459 e. The number of aromatic nitrogens is 4. The van der Waals surface area contributed by atoms with Crippen LogP contribution in [0.2, 0.25) is 0 Å². The molecule has 5 rings (SSSR count). The van der Waals surface area contributed by atoms with Crippen LogP contribution in [0.4, 0.5) is 16.2 Å². The Labute approximate surface area is 235 Å². The van der Waals surface area contributed by atoms with Gasteiger partial charge in [0.15, 0.2) is 29.4 Å². The third-order valence-corrected chi connectivity index (χ3v) is 8.00. The van der Waals surface area contributed by atoms with E-state index in [0.29, 0.717) is 11.3 Å². The molecule has 41 heavy (non-hydrogen) atoms. The van der Waals surface area contributed by atoms with E-state index in [0.717, 1.165) is 12.8 Å². The second-order valence-corrected chi connectivity index (χ2v) is 11.9. The smallest absolute Gasteiger partial charge is 0.459 e. The van der Waals surface area contributed by atoms with E-state index in [1.54, 1.807) is 44.2 Å². The maximum atomic E-state index is 15.4. The quantitative estimate of drug-likeness (QED) is 0.178. The van der Waals surface area contributed by atoms with Gasteiger partial charge in [-0.3, -0.25) is 13.9 Å². The Morgan fingerprint density at radius 3 is 2.68 bits per heavy atom. The molecule has 2 fully saturated rings. The van der Waals surface area contributed by atoms with Gasteiger partial charge in [-0.2, -0.15) is 15.1 Å². The van der Waals surface area contributed by atoms with Crippen molar-refractivity contribution in [3.63, 3.8) is 0 Å². The number of nitrogen functional groups attached to an aromatic ring is 1. The first-order valence-electron chi connectivity index (χ1n) is 13.2. The normalized spacial score (nSPS) is 24.7. The summed E-state index contributed by atoms with van der Waals surface area (Å²) < 4.78 is 52.6. The van der Waals surface area contributed by atoms with Gasteiger partial charge in [0, 0.05) is 6.04 Å². The third-order valence-electron chi connectivity index (χ3n) is 6.36. The minimum Gasteiger partial charge on any atom is -0.462 e. The highest BCUT2D eigenvalue weighted by molar-refractivity contribution is 7.52. The molecule has 1 saturated carbocycles. The Bertz CT molecular complexity index is 1420. The van der Waals surface area contributed by atoms with E-state index in [1.807, 2.05) is 0 Å². The second kappa shape index (κ2) is 11.9. The molecule has 5 N–H and O–H groups in total. The lowest BCUT2D eigenvalue weighted by Crippen LogP contribution is -2.37. The van der Waals surface area contributed by atoms with E-state index in [9.17, 15) is 14.5 Å². The zero-order valence-electron chi connectivity index (χ0n) is 22.7. The van der Waals surface area contributed by atoms with Crippen LogP contribution in [0.1, 0.15) is 39.8 Å². The van der Waals surface area contributed by atoms with Crippen LogP contribution in [0.15, 0.2) is 36.7 Å². The molecule has 1 aliphatic heterocycles. The molecular formula is C25H33FN7O7P. The highest BCUT2D eigenvalue weighted by atomic mass is 31.2. The number of aliphatic hydroxyl groups is 1. The van der Waals surface area contributed by atoms with Gasteiger partial charge in [-0.05, 0) is 45.7 Å². The zero-order valence-corrected chi connectivity index (χ0v) is 23.6. The van der Waals surface area contributed by atoms with E-state index >= 15 is 4.39 Å². The maximum absolute atomic E-state index is 15.4. The number of imidazole rings is 1. The molecule has 1 unspecified atom stereocenters. The van der Waals surface area contributed by atoms with Crippen molar-refractivity contribution >= 4 is 36.6 Å². The number of carbonyl (C=O) groups is 1. The Balaban J connectivity index is 1.32. The van der Waals surface area contributed by atoms with Gasteiger partial charge >= 0.3 is 13.7 Å². The van der Waals surface area contributed by atoms with Crippen LogP contribution in [-0.2, 0) is 23.4 Å². The standard InChI is InChI=1S/C25H33FN7O7P/c1-13(2)38-24(35)14(3)32-41(36,40-16-7-5-4-6-8-16)37-11-17-20(34)18(26)23(39-17)33-12-28-19-21(29-15-9-10-15)30-25(27)31-22(19)33/h4-8,12-15,17-18,20,23,34H,9-11H2,1-3H3,(H,32,36)(H3,27,29,30,31)/t14-,17-,18-,20-,23-,41?/m1/s1. The van der Waals surface area contributed by atoms with E-state index in [2.05, 4.69) is 25.4 Å². The number of hydrogen-bond donors (Lipinski definition) is 4. The number of rotatable bonds is 12. The number of halogens is 1. The van der Waals surface area contributed by atoms with Gasteiger partial charge in [0.05, 0.1) is 19.0 Å². The van der Waals surface area contributed by atoms with Gasteiger partial charge in [-0.15, -0.1) is 0 Å². The van der Waals surface area contributed by atoms with Gasteiger partial charge in [-0.25, -0.2) is 13.9 Å². The highest BCUT2D eigenvalue weighted by Crippen LogP contribution is 2.46. The van der Waals surface area contributed by atoms with Crippen LogP contribution >= 0.6 is 7.75 Å². The summed E-state index contributed by atoms with van der Waals surface area (Å²) in [6.07, 6.45) is -3.27. The van der Waals surface area contributed by atoms with Crippen LogP contribution < -0.4 is 20.7 Å². The number of alkyl halides is 1. The van der Waals surface area contributed by atoms with E-state index < -0.39 is 57.1 Å². The summed E-state index contributed by atoms with van der Waals surface area (Å²) in [4.78, 5) is 25.1. The number of benzene rings is 1. The van der Waals surface area contributed by atoms with Crippen molar-refractivity contribution in [3.8, 4) is 5.75 Å². The number of fused-ring (bicyclic) bond motifs is 1. The summed E-state index contributed by atoms with van der Waals surface area (Å²) in [6, 6.07) is 7.34. The molecule has 0 amide bonds. The average molecular weight is 594 g/mol. The van der Waals surface area contributed by atoms with Gasteiger partial charge in [0.2, 0.25) is 5.95 Å². The lowest BCUT2D eigenvalue weighted by molar-refractivity contribution is -0.149. The summed E-state index contributed by atoms with van der Waals surface area (Å²) in [5.41, 5.74) is 6.49. The van der Waals surface area contributed by atoms with Crippen molar-refractivity contribution in [2.45, 2.75) is 76.4 Å². The number of ether oxygens (including phenoxy) is 2. The zero-order chi connectivity index (χ0) is 29.3. The fraction of sp³-hybridized carbons (Fsp3) is 0.520. The van der Waals surface area contributed by atoms with Crippen LogP contribution in [0.3, 0.4) is 0 Å². The summed E-state index contributed by atoms with van der Waals surface area (Å²) >= 11 is 0. The lowest BCUT2D eigenvalue weighted by Gasteiger charge is -2.25. The van der Waals surface area contributed by atoms with Gasteiger partial charge in [-0.1, -0.05) is 18.2 Å². The number of nitrogens with zero attached hydrogens (tertiary/aromatic N) is 4. The molecule has 2 aliphatic rings. The van der Waals surface area contributed by atoms with Crippen molar-refractivity contribution in [2.24, 2.45) is 0 Å². The van der Waals surface area contributed by atoms with Crippen molar-refractivity contribution in [3.05, 3.63) is 36.7 Å². The molecule has 14 nitrogen and oxygen atoms in total. The van der Waals surface area contributed by atoms with Gasteiger partial charge in [0.1, 0.15) is 24.0 Å². The Kier molecular flexibility index (Phi) is 8.43. The average Bonchev–Trinajstić information content (AvgIpc) is 3.57. The molecular weight excluding hydrogens is 560 g/mol. The molecule has 1 aromatic carbocycles. The van der Waals surface area contributed by atoms with Crippen molar-refractivity contribution < 1.29 is 37.4 Å². The summed E-state index contributed by atoms with van der Waals surface area (Å²) in [6.45, 7) is 4.25. The summed E-state index contributed by atoms with van der Waals surface area (Å²) in [5.74, 6) is -0.0887. The number of hydrogen-bond acceptors (Lipinski definition) is 12. The Morgan fingerprint density at radius 1 is 1.27 bits per heavy atom. The minimum absolute atomic E-state index is 0.0357. The number of aliphatic hydroxyl groups excluding tert-OH is 1. The number of esters is 1. The van der Waals surface area contributed by atoms with Crippen LogP contribution in [0, 0.1) is 0 Å². The molecule has 6 atom stereocenters. The number of nitrogens with one attached hydrogen (secondary N) is 2. The molecule has 1 saturated heterocycles. The monoisotopic (exact) mass is 593 g/mol. The third kappa shape index (κ3) is 6.76. The largest absolute Gasteiger partial charge is 0.462 e. The lowest BCUT2D eigenvalue weighted by atomic mass is 10.1. The molecule has 3 aromatic rings. The Morgan fingerprint density at radius 2 is 2.00 bits per heavy atom. The van der Waals surface area contributed by atoms with Crippen molar-refractivity contribution in [1.29, 1.82) is 0 Å². The number of nitrogens with two attached hydrogens (primary N) is 1. The summed E-state index contributed by atoms with van der Waals surface area (Å²) in [5, 5.41) is 16.5. The van der Waals surface area contributed by atoms with Crippen LogP contribution in [0.5, 0.6) is 5.75 Å². The molecule has 2 aromatic heterocycles. The first-order valence-corrected chi connectivity index (χ1v) is 14.8. The van der Waals surface area contributed by atoms with Gasteiger partial charge in [0.25, 0.3) is 0 Å². The molecule has 0 spiro atoms. The van der Waals surface area contributed by atoms with Crippen molar-refractivity contribution in [2.75, 3.05) is 17.7 Å². The second-order valence-electron chi connectivity index (χ2n) is 10.2. The Hall–Kier alpha value is -3.36. The molecule has 222 valence electrons. The molecule has 0 bridgehead atoms. The fourth-order valence-electron chi connectivity index (χ4n) is 4.21. The van der Waals surface area contributed by atoms with E-state index in [1.165, 1.54) is 17.8 Å².